The summed E-state index contributed by atoms with van der Waals surface area (Å²) in [6.07, 6.45) is 0.735. The van der Waals surface area contributed by atoms with Gasteiger partial charge < -0.3 is 23.7 Å². The Morgan fingerprint density at radius 3 is 1.44 bits per heavy atom. The van der Waals surface area contributed by atoms with Crippen LogP contribution in [0.5, 0.6) is 11.5 Å². The summed E-state index contributed by atoms with van der Waals surface area (Å²) in [5.74, 6) is 1.06. The van der Waals surface area contributed by atoms with Gasteiger partial charge in [0.05, 0.1) is 13.2 Å². The van der Waals surface area contributed by atoms with Crippen molar-refractivity contribution in [2.24, 2.45) is 0 Å². The van der Waals surface area contributed by atoms with Crippen LogP contribution >= 0.6 is 0 Å². The van der Waals surface area contributed by atoms with Crippen LogP contribution in [-0.2, 0) is 29.2 Å². The molecule has 0 saturated carbocycles. The number of esters is 2. The Morgan fingerprint density at radius 2 is 1.00 bits per heavy atom. The predicted octanol–water partition coefficient (Wildman–Crippen LogP) is 4.69. The molecule has 7 nitrogen and oxygen atoms in total. The van der Waals surface area contributed by atoms with Crippen LogP contribution < -0.4 is 9.47 Å². The van der Waals surface area contributed by atoms with Gasteiger partial charge in [0.1, 0.15) is 37.9 Å². The average Bonchev–Trinajstić information content (AvgIpc) is 2.86. The zero-order chi connectivity index (χ0) is 24.8. The predicted molar refractivity (Wildman–Crippen MR) is 129 cm³/mol. The quantitative estimate of drug-likeness (QED) is 0.275. The number of carbonyl (C=O) groups is 2. The first-order valence-electron chi connectivity index (χ1n) is 11.7. The lowest BCUT2D eigenvalue weighted by Crippen LogP contribution is -2.19. The third kappa shape index (κ3) is 9.06. The molecule has 7 heteroatoms. The number of hydrogen-bond acceptors (Lipinski definition) is 7. The number of carbonyl (C=O) groups excluding carboxylic acids is 2. The van der Waals surface area contributed by atoms with Crippen LogP contribution in [0.1, 0.15) is 51.7 Å². The van der Waals surface area contributed by atoms with Crippen LogP contribution in [0.25, 0.3) is 0 Å². The Labute approximate surface area is 202 Å². The van der Waals surface area contributed by atoms with E-state index in [-0.39, 0.29) is 30.6 Å². The molecular weight excluding hydrogens is 436 g/mol. The highest BCUT2D eigenvalue weighted by Crippen LogP contribution is 2.33. The lowest BCUT2D eigenvalue weighted by Gasteiger charge is -2.26. The summed E-state index contributed by atoms with van der Waals surface area (Å²) < 4.78 is 26.8. The van der Waals surface area contributed by atoms with Gasteiger partial charge in [-0.3, -0.25) is 9.59 Å². The first-order valence-corrected chi connectivity index (χ1v) is 11.7. The SMILES string of the molecule is CCC(=O)OCCOCCOc1ccc(C(C)(C)c2ccc(OCCOC(=O)CC)cc2)cc1. The van der Waals surface area contributed by atoms with Crippen LogP contribution in [0.15, 0.2) is 48.5 Å². The number of hydrogen-bond donors (Lipinski definition) is 0. The van der Waals surface area contributed by atoms with Crippen molar-refractivity contribution in [1.29, 1.82) is 0 Å². The van der Waals surface area contributed by atoms with Gasteiger partial charge in [0, 0.05) is 18.3 Å². The summed E-state index contributed by atoms with van der Waals surface area (Å²) in [7, 11) is 0. The van der Waals surface area contributed by atoms with E-state index in [0.717, 1.165) is 22.6 Å². The largest absolute Gasteiger partial charge is 0.491 e. The van der Waals surface area contributed by atoms with Crippen molar-refractivity contribution >= 4 is 11.9 Å². The molecule has 0 aliphatic carbocycles. The van der Waals surface area contributed by atoms with Gasteiger partial charge in [-0.15, -0.1) is 0 Å². The van der Waals surface area contributed by atoms with E-state index >= 15 is 0 Å². The fourth-order valence-electron chi connectivity index (χ4n) is 3.16. The van der Waals surface area contributed by atoms with Gasteiger partial charge in [-0.25, -0.2) is 0 Å². The zero-order valence-corrected chi connectivity index (χ0v) is 20.6. The van der Waals surface area contributed by atoms with Crippen LogP contribution in [0, 0.1) is 0 Å². The highest BCUT2D eigenvalue weighted by atomic mass is 16.6. The molecule has 0 aliphatic heterocycles. The summed E-state index contributed by atoms with van der Waals surface area (Å²) in [5, 5.41) is 0. The molecule has 0 bridgehead atoms. The summed E-state index contributed by atoms with van der Waals surface area (Å²) in [4.78, 5) is 22.2. The van der Waals surface area contributed by atoms with E-state index in [1.165, 1.54) is 0 Å². The second-order valence-electron chi connectivity index (χ2n) is 8.13. The van der Waals surface area contributed by atoms with E-state index in [4.69, 9.17) is 23.7 Å². The molecule has 2 aromatic carbocycles. The molecule has 0 N–H and O–H groups in total. The van der Waals surface area contributed by atoms with Crippen LogP contribution in [-0.4, -0.2) is 51.6 Å². The Kier molecular flexibility index (Phi) is 11.4. The Balaban J connectivity index is 1.78. The number of benzene rings is 2. The highest BCUT2D eigenvalue weighted by Gasteiger charge is 2.23. The summed E-state index contributed by atoms with van der Waals surface area (Å²) in [5.41, 5.74) is 2.12. The fraction of sp³-hybridized carbons (Fsp3) is 0.481. The van der Waals surface area contributed by atoms with Crippen molar-refractivity contribution in [3.8, 4) is 11.5 Å². The smallest absolute Gasteiger partial charge is 0.305 e. The summed E-state index contributed by atoms with van der Waals surface area (Å²) >= 11 is 0. The molecule has 2 aromatic rings. The van der Waals surface area contributed by atoms with Crippen LogP contribution in [0.2, 0.25) is 0 Å². The normalized spacial score (nSPS) is 11.1. The van der Waals surface area contributed by atoms with Gasteiger partial charge >= 0.3 is 11.9 Å². The maximum atomic E-state index is 11.2. The first kappa shape index (κ1) is 27.2. The topological polar surface area (TPSA) is 80.3 Å². The maximum absolute atomic E-state index is 11.2. The molecule has 2 rings (SSSR count). The molecule has 186 valence electrons. The molecule has 0 fully saturated rings. The molecule has 0 spiro atoms. The molecular formula is C27H36O7. The number of ether oxygens (including phenoxy) is 5. The second-order valence-corrected chi connectivity index (χ2v) is 8.13. The monoisotopic (exact) mass is 472 g/mol. The molecule has 0 amide bonds. The Bertz CT molecular complexity index is 873. The zero-order valence-electron chi connectivity index (χ0n) is 20.6. The van der Waals surface area contributed by atoms with E-state index in [1.54, 1.807) is 13.8 Å². The van der Waals surface area contributed by atoms with Crippen molar-refractivity contribution in [3.05, 3.63) is 59.7 Å². The summed E-state index contributed by atoms with van der Waals surface area (Å²) in [6.45, 7) is 9.89. The van der Waals surface area contributed by atoms with Crippen LogP contribution in [0.4, 0.5) is 0 Å². The molecule has 0 aliphatic rings. The molecule has 0 heterocycles. The van der Waals surface area contributed by atoms with E-state index in [0.29, 0.717) is 39.3 Å². The van der Waals surface area contributed by atoms with Gasteiger partial charge in [0.2, 0.25) is 0 Å². The van der Waals surface area contributed by atoms with Gasteiger partial charge in [-0.1, -0.05) is 52.0 Å². The Hall–Kier alpha value is -3.06. The maximum Gasteiger partial charge on any atom is 0.305 e. The van der Waals surface area contributed by atoms with Crippen molar-refractivity contribution in [2.45, 2.75) is 46.0 Å². The van der Waals surface area contributed by atoms with Crippen molar-refractivity contribution in [1.82, 2.24) is 0 Å². The first-order chi connectivity index (χ1) is 16.4. The minimum atomic E-state index is -0.225. The van der Waals surface area contributed by atoms with E-state index in [1.807, 2.05) is 36.4 Å². The van der Waals surface area contributed by atoms with Gasteiger partial charge in [0.25, 0.3) is 0 Å². The lowest BCUT2D eigenvalue weighted by atomic mass is 9.78. The highest BCUT2D eigenvalue weighted by molar-refractivity contribution is 5.69. The van der Waals surface area contributed by atoms with Gasteiger partial charge in [-0.05, 0) is 35.4 Å². The molecule has 0 radical (unpaired) electrons. The number of rotatable bonds is 15. The summed E-state index contributed by atoms with van der Waals surface area (Å²) in [6, 6.07) is 16.0. The van der Waals surface area contributed by atoms with E-state index in [2.05, 4.69) is 26.0 Å². The molecule has 0 unspecified atom stereocenters. The third-order valence-corrected chi connectivity index (χ3v) is 5.33. The molecule has 0 saturated heterocycles. The van der Waals surface area contributed by atoms with Crippen molar-refractivity contribution < 1.29 is 33.3 Å². The second kappa shape index (κ2) is 14.3. The van der Waals surface area contributed by atoms with Gasteiger partial charge in [-0.2, -0.15) is 0 Å². The molecule has 0 aromatic heterocycles. The standard InChI is InChI=1S/C27H36O7/c1-5-25(28)33-18-16-30-15-17-31-23-11-7-21(8-12-23)27(3,4)22-9-13-24(14-10-22)32-19-20-34-26(29)6-2/h7-14H,5-6,15-20H2,1-4H3. The van der Waals surface area contributed by atoms with E-state index in [9.17, 15) is 9.59 Å². The molecule has 0 atom stereocenters. The minimum Gasteiger partial charge on any atom is -0.491 e. The Morgan fingerprint density at radius 1 is 0.618 bits per heavy atom. The molecule has 34 heavy (non-hydrogen) atoms. The van der Waals surface area contributed by atoms with Gasteiger partial charge in [0.15, 0.2) is 0 Å². The van der Waals surface area contributed by atoms with E-state index < -0.39 is 0 Å². The lowest BCUT2D eigenvalue weighted by molar-refractivity contribution is -0.145. The minimum absolute atomic E-state index is 0.202. The van der Waals surface area contributed by atoms with Crippen molar-refractivity contribution in [2.75, 3.05) is 39.6 Å². The van der Waals surface area contributed by atoms with Crippen LogP contribution in [0.3, 0.4) is 0 Å². The fourth-order valence-corrected chi connectivity index (χ4v) is 3.16. The van der Waals surface area contributed by atoms with Crippen molar-refractivity contribution in [3.63, 3.8) is 0 Å². The average molecular weight is 473 g/mol. The third-order valence-electron chi connectivity index (χ3n) is 5.33.